The van der Waals surface area contributed by atoms with Crippen LogP contribution in [0.5, 0.6) is 17.2 Å². The minimum Gasteiger partial charge on any atom is -0.493 e. The summed E-state index contributed by atoms with van der Waals surface area (Å²) >= 11 is 0. The smallest absolute Gasteiger partial charge is 0.286 e. The number of nitrogens with one attached hydrogen (secondary N) is 1. The van der Waals surface area contributed by atoms with Crippen LogP contribution in [-0.2, 0) is 6.54 Å². The Morgan fingerprint density at radius 2 is 1.70 bits per heavy atom. The number of aliphatic hydroxyl groups is 2. The lowest BCUT2D eigenvalue weighted by Gasteiger charge is -2.24. The van der Waals surface area contributed by atoms with Crippen LogP contribution in [-0.4, -0.2) is 74.9 Å². The maximum atomic E-state index is 12.9. The topological polar surface area (TPSA) is 120 Å². The predicted octanol–water partition coefficient (Wildman–Crippen LogP) is 1.38. The lowest BCUT2D eigenvalue weighted by Crippen LogP contribution is -2.29. The van der Waals surface area contributed by atoms with Gasteiger partial charge < -0.3 is 39.2 Å². The predicted molar refractivity (Wildman–Crippen MR) is 127 cm³/mol. The molecule has 1 aromatic heterocycles. The van der Waals surface area contributed by atoms with E-state index in [2.05, 4.69) is 9.97 Å². The van der Waals surface area contributed by atoms with Gasteiger partial charge in [-0.2, -0.15) is 4.98 Å². The fourth-order valence-electron chi connectivity index (χ4n) is 3.76. The molecule has 0 saturated heterocycles. The molecule has 10 heteroatoms. The van der Waals surface area contributed by atoms with Gasteiger partial charge in [-0.3, -0.25) is 4.79 Å². The SMILES string of the molecule is COc1cc2[nH]c(N(C)Cc3cccc(N(CCO)CCO)c3)nc(=O)c2c(OC)c1OC. The molecule has 33 heavy (non-hydrogen) atoms. The van der Waals surface area contributed by atoms with Crippen molar-refractivity contribution in [2.24, 2.45) is 0 Å². The number of hydrogen-bond donors (Lipinski definition) is 3. The van der Waals surface area contributed by atoms with Crippen LogP contribution in [0.15, 0.2) is 35.1 Å². The van der Waals surface area contributed by atoms with Crippen molar-refractivity contribution in [2.75, 3.05) is 64.5 Å². The molecule has 3 aromatic rings. The van der Waals surface area contributed by atoms with Gasteiger partial charge in [-0.1, -0.05) is 12.1 Å². The van der Waals surface area contributed by atoms with Crippen molar-refractivity contribution in [3.8, 4) is 17.2 Å². The third-order valence-corrected chi connectivity index (χ3v) is 5.29. The Morgan fingerprint density at radius 1 is 1.00 bits per heavy atom. The number of aromatic amines is 1. The van der Waals surface area contributed by atoms with Crippen LogP contribution in [0.2, 0.25) is 0 Å². The van der Waals surface area contributed by atoms with Crippen molar-refractivity contribution < 1.29 is 24.4 Å². The van der Waals surface area contributed by atoms with E-state index in [1.54, 1.807) is 6.07 Å². The van der Waals surface area contributed by atoms with Crippen LogP contribution < -0.4 is 29.6 Å². The maximum Gasteiger partial charge on any atom is 0.286 e. The highest BCUT2D eigenvalue weighted by Crippen LogP contribution is 2.41. The van der Waals surface area contributed by atoms with Crippen LogP contribution in [0.25, 0.3) is 10.9 Å². The van der Waals surface area contributed by atoms with Crippen LogP contribution >= 0.6 is 0 Å². The first-order chi connectivity index (χ1) is 16.0. The molecular weight excluding hydrogens is 428 g/mol. The Hall–Kier alpha value is -3.50. The highest BCUT2D eigenvalue weighted by atomic mass is 16.5. The Kier molecular flexibility index (Phi) is 7.96. The molecular formula is C23H30N4O6. The Morgan fingerprint density at radius 3 is 2.30 bits per heavy atom. The van der Waals surface area contributed by atoms with Gasteiger partial charge in [0.2, 0.25) is 11.7 Å². The summed E-state index contributed by atoms with van der Waals surface area (Å²) in [7, 11) is 6.28. The van der Waals surface area contributed by atoms with Gasteiger partial charge in [-0.25, -0.2) is 0 Å². The molecule has 0 spiro atoms. The lowest BCUT2D eigenvalue weighted by atomic mass is 10.1. The van der Waals surface area contributed by atoms with Crippen LogP contribution in [0.3, 0.4) is 0 Å². The molecule has 0 aliphatic heterocycles. The van der Waals surface area contributed by atoms with E-state index < -0.39 is 5.56 Å². The molecule has 3 rings (SSSR count). The normalized spacial score (nSPS) is 10.8. The van der Waals surface area contributed by atoms with Crippen molar-refractivity contribution in [1.82, 2.24) is 9.97 Å². The number of benzene rings is 2. The van der Waals surface area contributed by atoms with Gasteiger partial charge in [0.1, 0.15) is 5.39 Å². The second-order valence-electron chi connectivity index (χ2n) is 7.39. The molecule has 3 N–H and O–H groups in total. The van der Waals surface area contributed by atoms with E-state index >= 15 is 0 Å². The fourth-order valence-corrected chi connectivity index (χ4v) is 3.76. The van der Waals surface area contributed by atoms with E-state index in [0.717, 1.165) is 11.3 Å². The quantitative estimate of drug-likeness (QED) is 0.391. The number of nitrogens with zero attached hydrogens (tertiary/aromatic N) is 3. The van der Waals surface area contributed by atoms with Crippen molar-refractivity contribution in [2.45, 2.75) is 6.54 Å². The van der Waals surface area contributed by atoms with Gasteiger partial charge in [0.05, 0.1) is 40.1 Å². The monoisotopic (exact) mass is 458 g/mol. The van der Waals surface area contributed by atoms with Crippen molar-refractivity contribution >= 4 is 22.5 Å². The second-order valence-corrected chi connectivity index (χ2v) is 7.39. The van der Waals surface area contributed by atoms with Crippen LogP contribution in [0.4, 0.5) is 11.6 Å². The Bertz CT molecular complexity index is 1140. The summed E-state index contributed by atoms with van der Waals surface area (Å²) in [5.74, 6) is 1.40. The van der Waals surface area contributed by atoms with E-state index in [9.17, 15) is 15.0 Å². The van der Waals surface area contributed by atoms with Crippen molar-refractivity contribution in [3.05, 3.63) is 46.2 Å². The van der Waals surface area contributed by atoms with Gasteiger partial charge >= 0.3 is 0 Å². The second kappa shape index (κ2) is 10.9. The highest BCUT2D eigenvalue weighted by Gasteiger charge is 2.20. The zero-order chi connectivity index (χ0) is 24.0. The van der Waals surface area contributed by atoms with Gasteiger partial charge in [-0.15, -0.1) is 0 Å². The number of fused-ring (bicyclic) bond motifs is 1. The average Bonchev–Trinajstić information content (AvgIpc) is 2.82. The number of aliphatic hydroxyl groups excluding tert-OH is 2. The summed E-state index contributed by atoms with van der Waals surface area (Å²) < 4.78 is 16.2. The Balaban J connectivity index is 1.96. The number of ether oxygens (including phenoxy) is 3. The minimum absolute atomic E-state index is 0.00983. The molecule has 0 atom stereocenters. The van der Waals surface area contributed by atoms with E-state index in [1.165, 1.54) is 21.3 Å². The summed E-state index contributed by atoms with van der Waals surface area (Å²) in [4.78, 5) is 24.0. The molecule has 0 saturated carbocycles. The van der Waals surface area contributed by atoms with E-state index in [1.807, 2.05) is 41.1 Å². The molecule has 0 amide bonds. The molecule has 2 aromatic carbocycles. The molecule has 0 unspecified atom stereocenters. The third-order valence-electron chi connectivity index (χ3n) is 5.29. The highest BCUT2D eigenvalue weighted by molar-refractivity contribution is 5.90. The van der Waals surface area contributed by atoms with Crippen LogP contribution in [0, 0.1) is 0 Å². The number of H-pyrrole nitrogens is 1. The zero-order valence-electron chi connectivity index (χ0n) is 19.3. The number of anilines is 2. The maximum absolute atomic E-state index is 12.9. The molecule has 178 valence electrons. The summed E-state index contributed by atoms with van der Waals surface area (Å²) in [5, 5.41) is 18.9. The fraction of sp³-hybridized carbons (Fsp3) is 0.391. The first-order valence-electron chi connectivity index (χ1n) is 10.5. The first kappa shape index (κ1) is 24.1. The van der Waals surface area contributed by atoms with Gasteiger partial charge in [-0.05, 0) is 17.7 Å². The van der Waals surface area contributed by atoms with Gasteiger partial charge in [0.25, 0.3) is 5.56 Å². The lowest BCUT2D eigenvalue weighted by molar-refractivity contribution is 0.281. The third kappa shape index (κ3) is 5.12. The van der Waals surface area contributed by atoms with Gasteiger partial charge in [0.15, 0.2) is 11.5 Å². The molecule has 1 heterocycles. The van der Waals surface area contributed by atoms with Crippen molar-refractivity contribution in [1.29, 1.82) is 0 Å². The molecule has 0 fully saturated rings. The van der Waals surface area contributed by atoms with E-state index in [4.69, 9.17) is 14.2 Å². The largest absolute Gasteiger partial charge is 0.493 e. The van der Waals surface area contributed by atoms with Gasteiger partial charge in [0, 0.05) is 38.4 Å². The summed E-state index contributed by atoms with van der Waals surface area (Å²) in [6.45, 7) is 1.30. The van der Waals surface area contributed by atoms with Crippen LogP contribution in [0.1, 0.15) is 5.56 Å². The summed E-state index contributed by atoms with van der Waals surface area (Å²) in [6, 6.07) is 9.47. The zero-order valence-corrected chi connectivity index (χ0v) is 19.3. The number of hydrogen-bond acceptors (Lipinski definition) is 9. The number of rotatable bonds is 11. The standard InChI is InChI=1S/C23H30N4O6/c1-26(14-15-6-5-7-16(12-15)27(8-10-28)9-11-29)23-24-17-13-18(31-2)20(32-3)21(33-4)19(17)22(30)25-23/h5-7,12-13,28-29H,8-11,14H2,1-4H3,(H,24,25,30). The number of aromatic nitrogens is 2. The molecule has 0 aliphatic rings. The minimum atomic E-state index is -0.450. The average molecular weight is 459 g/mol. The van der Waals surface area contributed by atoms with E-state index in [0.29, 0.717) is 42.6 Å². The first-order valence-corrected chi connectivity index (χ1v) is 10.5. The molecule has 0 bridgehead atoms. The van der Waals surface area contributed by atoms with E-state index in [-0.39, 0.29) is 24.3 Å². The number of methoxy groups -OCH3 is 3. The molecule has 0 radical (unpaired) electrons. The summed E-state index contributed by atoms with van der Waals surface area (Å²) in [6.07, 6.45) is 0. The van der Waals surface area contributed by atoms with Crippen molar-refractivity contribution in [3.63, 3.8) is 0 Å². The molecule has 0 aliphatic carbocycles. The summed E-state index contributed by atoms with van der Waals surface area (Å²) in [5.41, 5.74) is 1.93. The molecule has 10 nitrogen and oxygen atoms in total. The Labute approximate surface area is 192 Å².